The summed E-state index contributed by atoms with van der Waals surface area (Å²) in [6.07, 6.45) is 3.03. The lowest BCUT2D eigenvalue weighted by Crippen LogP contribution is -2.43. The summed E-state index contributed by atoms with van der Waals surface area (Å²) in [4.78, 5) is 11.2. The maximum Gasteiger partial charge on any atom is 0.322 e. The fraction of sp³-hybridized carbons (Fsp3) is 0.667. The molecule has 0 bridgehead atoms. The molecular formula is C12H21N3O4S. The zero-order valence-corrected chi connectivity index (χ0v) is 12.8. The molecule has 1 aromatic rings. The second-order valence-corrected chi connectivity index (χ2v) is 6.67. The second-order valence-electron chi connectivity index (χ2n) is 4.80. The number of unbranched alkanes of at least 4 members (excludes halogenated alkanes) is 1. The minimum atomic E-state index is -3.57. The molecule has 2 N–H and O–H groups in total. The molecule has 1 rings (SSSR count). The van der Waals surface area contributed by atoms with E-state index < -0.39 is 22.0 Å². The van der Waals surface area contributed by atoms with Gasteiger partial charge >= 0.3 is 5.97 Å². The van der Waals surface area contributed by atoms with Crippen LogP contribution in [0.5, 0.6) is 0 Å². The third kappa shape index (κ3) is 4.93. The Morgan fingerprint density at radius 2 is 2.20 bits per heavy atom. The molecule has 0 fully saturated rings. The Morgan fingerprint density at radius 1 is 1.55 bits per heavy atom. The van der Waals surface area contributed by atoms with Crippen LogP contribution in [0.25, 0.3) is 0 Å². The molecule has 1 aromatic heterocycles. The summed E-state index contributed by atoms with van der Waals surface area (Å²) in [7, 11) is -1.84. The van der Waals surface area contributed by atoms with E-state index in [-0.39, 0.29) is 12.2 Å². The van der Waals surface area contributed by atoms with E-state index in [4.69, 9.17) is 5.11 Å². The Labute approximate surface area is 119 Å². The van der Waals surface area contributed by atoms with E-state index in [2.05, 4.69) is 9.82 Å². The van der Waals surface area contributed by atoms with E-state index in [0.717, 1.165) is 12.0 Å². The van der Waals surface area contributed by atoms with E-state index in [1.807, 2.05) is 6.92 Å². The van der Waals surface area contributed by atoms with Crippen LogP contribution in [0.15, 0.2) is 6.20 Å². The van der Waals surface area contributed by atoms with Crippen molar-refractivity contribution in [1.82, 2.24) is 14.5 Å². The first-order chi connectivity index (χ1) is 9.25. The number of nitrogens with one attached hydrogen (secondary N) is 1. The van der Waals surface area contributed by atoms with Crippen LogP contribution in [0.3, 0.4) is 0 Å². The lowest BCUT2D eigenvalue weighted by molar-refractivity contribution is -0.138. The number of carboxylic acid groups (broad SMARTS) is 1. The number of carbonyl (C=O) groups is 1. The molecule has 0 spiro atoms. The molecule has 1 heterocycles. The van der Waals surface area contributed by atoms with Crippen molar-refractivity contribution in [2.24, 2.45) is 7.05 Å². The number of nitrogens with zero attached hydrogens (tertiary/aromatic N) is 2. The quantitative estimate of drug-likeness (QED) is 0.726. The molecule has 20 heavy (non-hydrogen) atoms. The van der Waals surface area contributed by atoms with Crippen molar-refractivity contribution in [3.8, 4) is 0 Å². The monoisotopic (exact) mass is 303 g/mol. The van der Waals surface area contributed by atoms with Crippen LogP contribution in [0, 0.1) is 6.92 Å². The molecule has 0 amide bonds. The van der Waals surface area contributed by atoms with Crippen molar-refractivity contribution in [2.75, 3.05) is 5.75 Å². The van der Waals surface area contributed by atoms with E-state index in [1.54, 1.807) is 24.9 Å². The Hall–Kier alpha value is -1.41. The number of aliphatic carboxylic acids is 1. The highest BCUT2D eigenvalue weighted by molar-refractivity contribution is 7.89. The highest BCUT2D eigenvalue weighted by atomic mass is 32.2. The number of aryl methyl sites for hydroxylation is 2. The highest BCUT2D eigenvalue weighted by Gasteiger charge is 2.25. The normalized spacial score (nSPS) is 13.3. The molecule has 8 heteroatoms. The minimum Gasteiger partial charge on any atom is -0.480 e. The maximum absolute atomic E-state index is 11.8. The summed E-state index contributed by atoms with van der Waals surface area (Å²) in [6.45, 7) is 3.64. The van der Waals surface area contributed by atoms with Gasteiger partial charge in [0, 0.05) is 19.7 Å². The number of hydrogen-bond donors (Lipinski definition) is 2. The topological polar surface area (TPSA) is 101 Å². The summed E-state index contributed by atoms with van der Waals surface area (Å²) < 4.78 is 27.4. The van der Waals surface area contributed by atoms with Gasteiger partial charge in [-0.15, -0.1) is 0 Å². The summed E-state index contributed by atoms with van der Waals surface area (Å²) in [5.74, 6) is -1.24. The van der Waals surface area contributed by atoms with E-state index in [1.165, 1.54) is 0 Å². The summed E-state index contributed by atoms with van der Waals surface area (Å²) in [5, 5.41) is 13.3. The van der Waals surface area contributed by atoms with Crippen molar-refractivity contribution in [2.45, 2.75) is 39.2 Å². The van der Waals surface area contributed by atoms with Gasteiger partial charge in [-0.2, -0.15) is 5.10 Å². The zero-order chi connectivity index (χ0) is 15.3. The molecule has 0 aliphatic carbocycles. The summed E-state index contributed by atoms with van der Waals surface area (Å²) >= 11 is 0. The number of hydrogen-bond acceptors (Lipinski definition) is 4. The van der Waals surface area contributed by atoms with Crippen LogP contribution in [0.2, 0.25) is 0 Å². The molecule has 7 nitrogen and oxygen atoms in total. The fourth-order valence-electron chi connectivity index (χ4n) is 1.86. The molecule has 0 aromatic carbocycles. The SMILES string of the molecule is CCCCS(=O)(=O)NC(Cc1cn(C)nc1C)C(=O)O. The molecule has 0 saturated heterocycles. The van der Waals surface area contributed by atoms with Gasteiger partial charge in [-0.25, -0.2) is 13.1 Å². The van der Waals surface area contributed by atoms with Crippen LogP contribution in [-0.4, -0.2) is 41.1 Å². The number of carboxylic acids is 1. The Morgan fingerprint density at radius 3 is 2.65 bits per heavy atom. The predicted molar refractivity (Wildman–Crippen MR) is 74.9 cm³/mol. The molecule has 0 aliphatic heterocycles. The smallest absolute Gasteiger partial charge is 0.322 e. The first-order valence-electron chi connectivity index (χ1n) is 6.47. The number of sulfonamides is 1. The van der Waals surface area contributed by atoms with Crippen molar-refractivity contribution in [3.05, 3.63) is 17.5 Å². The summed E-state index contributed by atoms with van der Waals surface area (Å²) in [6, 6.07) is -1.17. The van der Waals surface area contributed by atoms with Gasteiger partial charge in [0.05, 0.1) is 11.4 Å². The lowest BCUT2D eigenvalue weighted by atomic mass is 10.1. The van der Waals surface area contributed by atoms with E-state index >= 15 is 0 Å². The van der Waals surface area contributed by atoms with Gasteiger partial charge in [-0.3, -0.25) is 9.48 Å². The van der Waals surface area contributed by atoms with Gasteiger partial charge in [0.25, 0.3) is 0 Å². The van der Waals surface area contributed by atoms with Crippen molar-refractivity contribution < 1.29 is 18.3 Å². The van der Waals surface area contributed by atoms with Crippen LogP contribution >= 0.6 is 0 Å². The van der Waals surface area contributed by atoms with Crippen LogP contribution in [-0.2, 0) is 28.3 Å². The van der Waals surface area contributed by atoms with Crippen molar-refractivity contribution >= 4 is 16.0 Å². The van der Waals surface area contributed by atoms with E-state index in [0.29, 0.717) is 12.1 Å². The van der Waals surface area contributed by atoms with Crippen LogP contribution < -0.4 is 4.72 Å². The van der Waals surface area contributed by atoms with Crippen LogP contribution in [0.1, 0.15) is 31.0 Å². The van der Waals surface area contributed by atoms with Gasteiger partial charge in [-0.1, -0.05) is 13.3 Å². The standard InChI is InChI=1S/C12H21N3O4S/c1-4-5-6-20(18,19)14-11(12(16)17)7-10-8-15(3)13-9(10)2/h8,11,14H,4-7H2,1-3H3,(H,16,17). The Balaban J connectivity index is 2.80. The van der Waals surface area contributed by atoms with Gasteiger partial charge in [0.15, 0.2) is 0 Å². The fourth-order valence-corrected chi connectivity index (χ4v) is 3.26. The predicted octanol–water partition coefficient (Wildman–Crippen LogP) is 0.444. The van der Waals surface area contributed by atoms with Crippen LogP contribution in [0.4, 0.5) is 0 Å². The van der Waals surface area contributed by atoms with E-state index in [9.17, 15) is 13.2 Å². The summed E-state index contributed by atoms with van der Waals surface area (Å²) in [5.41, 5.74) is 1.42. The van der Waals surface area contributed by atoms with Gasteiger partial charge < -0.3 is 5.11 Å². The Kier molecular flexibility index (Phi) is 5.70. The molecule has 0 radical (unpaired) electrons. The molecule has 1 atom stereocenters. The molecule has 114 valence electrons. The first-order valence-corrected chi connectivity index (χ1v) is 8.12. The van der Waals surface area contributed by atoms with Gasteiger partial charge in [0.2, 0.25) is 10.0 Å². The highest BCUT2D eigenvalue weighted by Crippen LogP contribution is 2.09. The molecular weight excluding hydrogens is 282 g/mol. The molecule has 1 unspecified atom stereocenters. The minimum absolute atomic E-state index is 0.0562. The first kappa shape index (κ1) is 16.6. The Bertz CT molecular complexity index is 565. The third-order valence-corrected chi connectivity index (χ3v) is 4.40. The zero-order valence-electron chi connectivity index (χ0n) is 12.0. The van der Waals surface area contributed by atoms with Gasteiger partial charge in [0.1, 0.15) is 6.04 Å². The molecule has 0 saturated carbocycles. The lowest BCUT2D eigenvalue weighted by Gasteiger charge is -2.14. The third-order valence-electron chi connectivity index (χ3n) is 2.93. The largest absolute Gasteiger partial charge is 0.480 e. The average Bonchev–Trinajstić information content (AvgIpc) is 2.64. The number of aromatic nitrogens is 2. The number of rotatable bonds is 8. The maximum atomic E-state index is 11.8. The molecule has 0 aliphatic rings. The second kappa shape index (κ2) is 6.85. The van der Waals surface area contributed by atoms with Gasteiger partial charge in [-0.05, 0) is 18.9 Å². The van der Waals surface area contributed by atoms with Crippen molar-refractivity contribution in [1.29, 1.82) is 0 Å². The average molecular weight is 303 g/mol. The van der Waals surface area contributed by atoms with Crippen molar-refractivity contribution in [3.63, 3.8) is 0 Å².